The molecule has 0 aliphatic rings. The van der Waals surface area contributed by atoms with E-state index in [0.29, 0.717) is 16.8 Å². The molecule has 0 fully saturated rings. The van der Waals surface area contributed by atoms with Gasteiger partial charge < -0.3 is 5.11 Å². The van der Waals surface area contributed by atoms with Crippen LogP contribution in [0, 0.1) is 12.7 Å². The summed E-state index contributed by atoms with van der Waals surface area (Å²) in [5, 5.41) is 14.0. The largest absolute Gasteiger partial charge is 0.382 e. The molecule has 1 heterocycles. The minimum absolute atomic E-state index is 0.307. The second kappa shape index (κ2) is 4.06. The van der Waals surface area contributed by atoms with Crippen molar-refractivity contribution in [3.05, 3.63) is 53.1 Å². The maximum Gasteiger partial charge on any atom is 0.126 e. The Kier molecular flexibility index (Phi) is 2.75. The Morgan fingerprint density at radius 2 is 2.12 bits per heavy atom. The van der Waals surface area contributed by atoms with E-state index in [1.165, 1.54) is 6.07 Å². The first-order valence-corrected chi connectivity index (χ1v) is 5.01. The van der Waals surface area contributed by atoms with E-state index in [1.807, 2.05) is 0 Å². The Bertz CT molecular complexity index is 507. The Morgan fingerprint density at radius 1 is 1.38 bits per heavy atom. The lowest BCUT2D eigenvalue weighted by atomic mass is 10.0. The van der Waals surface area contributed by atoms with E-state index in [2.05, 4.69) is 5.10 Å². The average Bonchev–Trinajstić information content (AvgIpc) is 2.67. The third-order valence-electron chi connectivity index (χ3n) is 2.65. The fraction of sp³-hybridized carbons (Fsp3) is 0.250. The van der Waals surface area contributed by atoms with Crippen molar-refractivity contribution in [3.63, 3.8) is 0 Å². The van der Waals surface area contributed by atoms with Gasteiger partial charge in [0, 0.05) is 13.2 Å². The number of hydrogen-bond donors (Lipinski definition) is 1. The smallest absolute Gasteiger partial charge is 0.126 e. The van der Waals surface area contributed by atoms with E-state index in [-0.39, 0.29) is 5.82 Å². The number of halogens is 1. The normalized spacial score (nSPS) is 12.8. The van der Waals surface area contributed by atoms with Gasteiger partial charge in [-0.1, -0.05) is 12.1 Å². The lowest BCUT2D eigenvalue weighted by Crippen LogP contribution is -2.07. The van der Waals surface area contributed by atoms with Crippen molar-refractivity contribution in [1.82, 2.24) is 9.78 Å². The van der Waals surface area contributed by atoms with Gasteiger partial charge in [-0.25, -0.2) is 4.39 Å². The second-order valence-corrected chi connectivity index (χ2v) is 3.79. The molecule has 0 saturated carbocycles. The number of aryl methyl sites for hydroxylation is 2. The van der Waals surface area contributed by atoms with Crippen LogP contribution in [0.4, 0.5) is 4.39 Å². The van der Waals surface area contributed by atoms with E-state index in [1.54, 1.807) is 43.0 Å². The molecule has 0 bridgehead atoms. The van der Waals surface area contributed by atoms with Gasteiger partial charge in [0.2, 0.25) is 0 Å². The molecule has 1 N–H and O–H groups in total. The quantitative estimate of drug-likeness (QED) is 0.840. The number of hydrogen-bond acceptors (Lipinski definition) is 2. The van der Waals surface area contributed by atoms with Gasteiger partial charge in [-0.2, -0.15) is 5.10 Å². The highest BCUT2D eigenvalue weighted by atomic mass is 19.1. The predicted molar refractivity (Wildman–Crippen MR) is 58.4 cm³/mol. The monoisotopic (exact) mass is 220 g/mol. The van der Waals surface area contributed by atoms with E-state index in [0.717, 1.165) is 0 Å². The molecule has 1 aromatic carbocycles. The van der Waals surface area contributed by atoms with Crippen molar-refractivity contribution in [2.24, 2.45) is 7.05 Å². The van der Waals surface area contributed by atoms with Crippen molar-refractivity contribution in [3.8, 4) is 0 Å². The number of aliphatic hydroxyl groups is 1. The summed E-state index contributed by atoms with van der Waals surface area (Å²) in [6.07, 6.45) is 0.755. The first-order chi connectivity index (χ1) is 7.59. The molecular formula is C12H13FN2O. The molecule has 2 rings (SSSR count). The summed E-state index contributed by atoms with van der Waals surface area (Å²) in [6.45, 7) is 1.69. The number of aliphatic hydroxyl groups excluding tert-OH is 1. The second-order valence-electron chi connectivity index (χ2n) is 3.79. The topological polar surface area (TPSA) is 38.1 Å². The summed E-state index contributed by atoms with van der Waals surface area (Å²) < 4.78 is 14.9. The zero-order valence-corrected chi connectivity index (χ0v) is 9.18. The van der Waals surface area contributed by atoms with Crippen molar-refractivity contribution in [2.75, 3.05) is 0 Å². The average molecular weight is 220 g/mol. The van der Waals surface area contributed by atoms with Crippen molar-refractivity contribution < 1.29 is 9.50 Å². The molecule has 0 radical (unpaired) electrons. The van der Waals surface area contributed by atoms with Gasteiger partial charge >= 0.3 is 0 Å². The van der Waals surface area contributed by atoms with Crippen molar-refractivity contribution in [2.45, 2.75) is 13.0 Å². The molecule has 0 spiro atoms. The third kappa shape index (κ3) is 1.84. The van der Waals surface area contributed by atoms with E-state index >= 15 is 0 Å². The molecular weight excluding hydrogens is 207 g/mol. The SMILES string of the molecule is Cc1ccc(C(O)c2ccnn2C)cc1F. The van der Waals surface area contributed by atoms with Crippen LogP contribution in [-0.2, 0) is 7.05 Å². The van der Waals surface area contributed by atoms with Gasteiger partial charge in [-0.3, -0.25) is 4.68 Å². The van der Waals surface area contributed by atoms with Crippen LogP contribution in [0.15, 0.2) is 30.5 Å². The van der Waals surface area contributed by atoms with Gasteiger partial charge in [0.15, 0.2) is 0 Å². The molecule has 1 unspecified atom stereocenters. The number of benzene rings is 1. The highest BCUT2D eigenvalue weighted by molar-refractivity contribution is 5.29. The minimum Gasteiger partial charge on any atom is -0.382 e. The van der Waals surface area contributed by atoms with Crippen LogP contribution in [0.25, 0.3) is 0 Å². The van der Waals surface area contributed by atoms with E-state index in [4.69, 9.17) is 0 Å². The van der Waals surface area contributed by atoms with Crippen LogP contribution in [0.2, 0.25) is 0 Å². The fourth-order valence-corrected chi connectivity index (χ4v) is 1.60. The highest BCUT2D eigenvalue weighted by Gasteiger charge is 2.14. The first-order valence-electron chi connectivity index (χ1n) is 5.01. The number of aromatic nitrogens is 2. The molecule has 1 aromatic heterocycles. The minimum atomic E-state index is -0.845. The Hall–Kier alpha value is -1.68. The van der Waals surface area contributed by atoms with E-state index < -0.39 is 6.10 Å². The lowest BCUT2D eigenvalue weighted by molar-refractivity contribution is 0.209. The van der Waals surface area contributed by atoms with Crippen molar-refractivity contribution in [1.29, 1.82) is 0 Å². The van der Waals surface area contributed by atoms with Crippen molar-refractivity contribution >= 4 is 0 Å². The summed E-state index contributed by atoms with van der Waals surface area (Å²) in [5.74, 6) is -0.307. The molecule has 3 nitrogen and oxygen atoms in total. The summed E-state index contributed by atoms with van der Waals surface area (Å²) in [7, 11) is 1.74. The Morgan fingerprint density at radius 3 is 2.69 bits per heavy atom. The zero-order chi connectivity index (χ0) is 11.7. The van der Waals surface area contributed by atoms with Crippen LogP contribution in [0.3, 0.4) is 0 Å². The summed E-state index contributed by atoms with van der Waals surface area (Å²) in [5.41, 5.74) is 1.75. The molecule has 0 amide bonds. The van der Waals surface area contributed by atoms with Crippen LogP contribution in [-0.4, -0.2) is 14.9 Å². The Labute approximate surface area is 93.2 Å². The van der Waals surface area contributed by atoms with Gasteiger partial charge in [0.25, 0.3) is 0 Å². The Balaban J connectivity index is 2.38. The molecule has 16 heavy (non-hydrogen) atoms. The van der Waals surface area contributed by atoms with Gasteiger partial charge in [0.05, 0.1) is 5.69 Å². The fourth-order valence-electron chi connectivity index (χ4n) is 1.60. The first kappa shape index (κ1) is 10.8. The maximum atomic E-state index is 13.3. The maximum absolute atomic E-state index is 13.3. The van der Waals surface area contributed by atoms with Crippen LogP contribution in [0.1, 0.15) is 22.9 Å². The van der Waals surface area contributed by atoms with Crippen LogP contribution in [0.5, 0.6) is 0 Å². The summed E-state index contributed by atoms with van der Waals surface area (Å²) in [6, 6.07) is 6.44. The highest BCUT2D eigenvalue weighted by Crippen LogP contribution is 2.22. The van der Waals surface area contributed by atoms with Crippen LogP contribution >= 0.6 is 0 Å². The molecule has 0 saturated heterocycles. The molecule has 2 aromatic rings. The zero-order valence-electron chi connectivity index (χ0n) is 9.18. The predicted octanol–water partition coefficient (Wildman–Crippen LogP) is 1.95. The number of rotatable bonds is 2. The lowest BCUT2D eigenvalue weighted by Gasteiger charge is -2.12. The molecule has 4 heteroatoms. The standard InChI is InChI=1S/C12H13FN2O/c1-8-3-4-9(7-10(8)13)12(16)11-5-6-14-15(11)2/h3-7,12,16H,1-2H3. The molecule has 84 valence electrons. The van der Waals surface area contributed by atoms with Crippen LogP contribution < -0.4 is 0 Å². The number of nitrogens with zero attached hydrogens (tertiary/aromatic N) is 2. The van der Waals surface area contributed by atoms with Gasteiger partial charge in [-0.15, -0.1) is 0 Å². The van der Waals surface area contributed by atoms with Gasteiger partial charge in [0.1, 0.15) is 11.9 Å². The molecule has 0 aliphatic carbocycles. The summed E-state index contributed by atoms with van der Waals surface area (Å²) in [4.78, 5) is 0. The third-order valence-corrected chi connectivity index (χ3v) is 2.65. The molecule has 1 atom stereocenters. The van der Waals surface area contributed by atoms with Gasteiger partial charge in [-0.05, 0) is 30.2 Å². The van der Waals surface area contributed by atoms with E-state index in [9.17, 15) is 9.50 Å². The molecule has 0 aliphatic heterocycles. The summed E-state index contributed by atoms with van der Waals surface area (Å²) >= 11 is 0.